The summed E-state index contributed by atoms with van der Waals surface area (Å²) < 4.78 is 0. The molecule has 1 heterocycles. The molecule has 0 aromatic heterocycles. The van der Waals surface area contributed by atoms with Crippen LogP contribution in [0.15, 0.2) is 30.3 Å². The Morgan fingerprint density at radius 2 is 2.00 bits per heavy atom. The summed E-state index contributed by atoms with van der Waals surface area (Å²) >= 11 is 0. The SMILES string of the molecule is NC(=O)CCC1CCCN(C(=O)C(N)c2ccccc2)C1. The van der Waals surface area contributed by atoms with Gasteiger partial charge in [-0.15, -0.1) is 0 Å². The number of nitrogens with two attached hydrogens (primary N) is 2. The van der Waals surface area contributed by atoms with Gasteiger partial charge in [0.2, 0.25) is 11.8 Å². The van der Waals surface area contributed by atoms with Crippen molar-refractivity contribution in [3.63, 3.8) is 0 Å². The molecule has 1 aliphatic heterocycles. The van der Waals surface area contributed by atoms with Crippen LogP contribution in [0.2, 0.25) is 0 Å². The van der Waals surface area contributed by atoms with Crippen LogP contribution in [-0.2, 0) is 9.59 Å². The maximum absolute atomic E-state index is 12.5. The predicted octanol–water partition coefficient (Wildman–Crippen LogP) is 1.19. The number of piperidine rings is 1. The van der Waals surface area contributed by atoms with Gasteiger partial charge >= 0.3 is 0 Å². The van der Waals surface area contributed by atoms with E-state index in [0.29, 0.717) is 18.9 Å². The number of hydrogen-bond acceptors (Lipinski definition) is 3. The van der Waals surface area contributed by atoms with Crippen molar-refractivity contribution in [1.29, 1.82) is 0 Å². The average molecular weight is 289 g/mol. The molecule has 2 atom stereocenters. The summed E-state index contributed by atoms with van der Waals surface area (Å²) in [7, 11) is 0. The zero-order valence-electron chi connectivity index (χ0n) is 12.2. The number of carbonyl (C=O) groups excluding carboxylic acids is 2. The van der Waals surface area contributed by atoms with Gasteiger partial charge in [0, 0.05) is 19.5 Å². The minimum atomic E-state index is -0.610. The van der Waals surface area contributed by atoms with Crippen molar-refractivity contribution < 1.29 is 9.59 Å². The molecular weight excluding hydrogens is 266 g/mol. The maximum atomic E-state index is 12.5. The Labute approximate surface area is 125 Å². The second-order valence-electron chi connectivity index (χ2n) is 5.69. The molecule has 4 N–H and O–H groups in total. The van der Waals surface area contributed by atoms with E-state index < -0.39 is 6.04 Å². The third-order valence-electron chi connectivity index (χ3n) is 4.05. The first-order valence-electron chi connectivity index (χ1n) is 7.45. The lowest BCUT2D eigenvalue weighted by Crippen LogP contribution is -2.44. The van der Waals surface area contributed by atoms with Gasteiger partial charge in [-0.25, -0.2) is 0 Å². The van der Waals surface area contributed by atoms with E-state index >= 15 is 0 Å². The second-order valence-corrected chi connectivity index (χ2v) is 5.69. The molecule has 5 heteroatoms. The van der Waals surface area contributed by atoms with Gasteiger partial charge in [0.15, 0.2) is 0 Å². The highest BCUT2D eigenvalue weighted by Gasteiger charge is 2.27. The number of nitrogens with zero attached hydrogens (tertiary/aromatic N) is 1. The molecule has 1 fully saturated rings. The smallest absolute Gasteiger partial charge is 0.244 e. The van der Waals surface area contributed by atoms with Crippen LogP contribution in [0, 0.1) is 5.92 Å². The topological polar surface area (TPSA) is 89.4 Å². The molecule has 0 saturated carbocycles. The molecule has 5 nitrogen and oxygen atoms in total. The fourth-order valence-corrected chi connectivity index (χ4v) is 2.85. The maximum Gasteiger partial charge on any atom is 0.244 e. The van der Waals surface area contributed by atoms with Gasteiger partial charge in [-0.05, 0) is 30.7 Å². The van der Waals surface area contributed by atoms with E-state index in [2.05, 4.69) is 0 Å². The minimum Gasteiger partial charge on any atom is -0.370 e. The van der Waals surface area contributed by atoms with Gasteiger partial charge in [-0.3, -0.25) is 9.59 Å². The summed E-state index contributed by atoms with van der Waals surface area (Å²) in [5, 5.41) is 0. The standard InChI is InChI=1S/C16H23N3O2/c17-14(20)9-8-12-5-4-10-19(11-12)16(21)15(18)13-6-2-1-3-7-13/h1-3,6-7,12,15H,4-5,8-11,18H2,(H2,17,20). The normalized spacial score (nSPS) is 20.0. The fraction of sp³-hybridized carbons (Fsp3) is 0.500. The molecule has 1 saturated heterocycles. The molecule has 2 rings (SSSR count). The molecule has 114 valence electrons. The number of benzene rings is 1. The van der Waals surface area contributed by atoms with Crippen LogP contribution in [0.25, 0.3) is 0 Å². The highest BCUT2D eigenvalue weighted by atomic mass is 16.2. The van der Waals surface area contributed by atoms with Crippen molar-refractivity contribution >= 4 is 11.8 Å². The molecule has 2 unspecified atom stereocenters. The summed E-state index contributed by atoms with van der Waals surface area (Å²) in [6, 6.07) is 8.80. The van der Waals surface area contributed by atoms with E-state index in [4.69, 9.17) is 11.5 Å². The van der Waals surface area contributed by atoms with E-state index in [0.717, 1.165) is 31.4 Å². The largest absolute Gasteiger partial charge is 0.370 e. The van der Waals surface area contributed by atoms with Gasteiger partial charge in [0.05, 0.1) is 0 Å². The fourth-order valence-electron chi connectivity index (χ4n) is 2.85. The van der Waals surface area contributed by atoms with Crippen LogP contribution in [0.5, 0.6) is 0 Å². The summed E-state index contributed by atoms with van der Waals surface area (Å²) in [5.74, 6) is 0.0302. The molecule has 1 aromatic carbocycles. The summed E-state index contributed by atoms with van der Waals surface area (Å²) in [6.07, 6.45) is 3.13. The van der Waals surface area contributed by atoms with Crippen LogP contribution >= 0.6 is 0 Å². The highest BCUT2D eigenvalue weighted by molar-refractivity contribution is 5.83. The third kappa shape index (κ3) is 4.29. The van der Waals surface area contributed by atoms with Gasteiger partial charge in [-0.2, -0.15) is 0 Å². The molecule has 2 amide bonds. The van der Waals surface area contributed by atoms with Crippen LogP contribution < -0.4 is 11.5 Å². The molecular formula is C16H23N3O2. The van der Waals surface area contributed by atoms with Crippen molar-refractivity contribution in [3.05, 3.63) is 35.9 Å². The van der Waals surface area contributed by atoms with Crippen LogP contribution in [0.3, 0.4) is 0 Å². The highest BCUT2D eigenvalue weighted by Crippen LogP contribution is 2.23. The van der Waals surface area contributed by atoms with E-state index in [1.807, 2.05) is 35.2 Å². The van der Waals surface area contributed by atoms with E-state index in [-0.39, 0.29) is 11.8 Å². The Morgan fingerprint density at radius 1 is 1.29 bits per heavy atom. The van der Waals surface area contributed by atoms with Crippen LogP contribution in [-0.4, -0.2) is 29.8 Å². The number of hydrogen-bond donors (Lipinski definition) is 2. The predicted molar refractivity (Wildman–Crippen MR) is 81.1 cm³/mol. The Kier molecular flexibility index (Phi) is 5.33. The third-order valence-corrected chi connectivity index (χ3v) is 4.05. The van der Waals surface area contributed by atoms with Gasteiger partial charge < -0.3 is 16.4 Å². The number of likely N-dealkylation sites (tertiary alicyclic amines) is 1. The van der Waals surface area contributed by atoms with Crippen molar-refractivity contribution in [2.45, 2.75) is 31.7 Å². The zero-order valence-corrected chi connectivity index (χ0v) is 12.2. The average Bonchev–Trinajstić information content (AvgIpc) is 2.52. The van der Waals surface area contributed by atoms with Crippen molar-refractivity contribution in [1.82, 2.24) is 4.90 Å². The molecule has 0 radical (unpaired) electrons. The lowest BCUT2D eigenvalue weighted by atomic mass is 9.92. The van der Waals surface area contributed by atoms with E-state index in [1.165, 1.54) is 0 Å². The molecule has 0 spiro atoms. The first-order valence-corrected chi connectivity index (χ1v) is 7.45. The van der Waals surface area contributed by atoms with Crippen LogP contribution in [0.1, 0.15) is 37.3 Å². The number of primary amides is 1. The Hall–Kier alpha value is -1.88. The summed E-state index contributed by atoms with van der Waals surface area (Å²) in [5.41, 5.74) is 12.1. The van der Waals surface area contributed by atoms with Gasteiger partial charge in [0.25, 0.3) is 0 Å². The first kappa shape index (κ1) is 15.5. The molecule has 0 bridgehead atoms. The monoisotopic (exact) mass is 289 g/mol. The second kappa shape index (κ2) is 7.22. The molecule has 21 heavy (non-hydrogen) atoms. The van der Waals surface area contributed by atoms with Gasteiger partial charge in [0.1, 0.15) is 6.04 Å². The molecule has 1 aliphatic rings. The Balaban J connectivity index is 1.94. The Morgan fingerprint density at radius 3 is 2.67 bits per heavy atom. The Bertz CT molecular complexity index is 490. The van der Waals surface area contributed by atoms with E-state index in [9.17, 15) is 9.59 Å². The van der Waals surface area contributed by atoms with Crippen molar-refractivity contribution in [3.8, 4) is 0 Å². The van der Waals surface area contributed by atoms with Crippen molar-refractivity contribution in [2.75, 3.05) is 13.1 Å². The number of carbonyl (C=O) groups is 2. The van der Waals surface area contributed by atoms with Crippen molar-refractivity contribution in [2.24, 2.45) is 17.4 Å². The van der Waals surface area contributed by atoms with E-state index in [1.54, 1.807) is 0 Å². The summed E-state index contributed by atoms with van der Waals surface area (Å²) in [4.78, 5) is 25.2. The van der Waals surface area contributed by atoms with Gasteiger partial charge in [-0.1, -0.05) is 30.3 Å². The lowest BCUT2D eigenvalue weighted by molar-refractivity contribution is -0.134. The first-order chi connectivity index (χ1) is 10.1. The number of rotatable bonds is 5. The number of amides is 2. The lowest BCUT2D eigenvalue weighted by Gasteiger charge is -2.34. The quantitative estimate of drug-likeness (QED) is 0.853. The molecule has 0 aliphatic carbocycles. The minimum absolute atomic E-state index is 0.0371. The summed E-state index contributed by atoms with van der Waals surface area (Å²) in [6.45, 7) is 1.42. The molecule has 1 aromatic rings. The zero-order chi connectivity index (χ0) is 15.2. The van der Waals surface area contributed by atoms with Crippen LogP contribution in [0.4, 0.5) is 0 Å².